The topological polar surface area (TPSA) is 64.4 Å². The maximum Gasteiger partial charge on any atom is 0.333 e. The highest BCUT2D eigenvalue weighted by atomic mass is 32.2. The minimum absolute atomic E-state index is 0.0478. The second-order valence-electron chi connectivity index (χ2n) is 6.57. The summed E-state index contributed by atoms with van der Waals surface area (Å²) < 4.78 is 59.9. The van der Waals surface area contributed by atoms with Crippen LogP contribution in [0, 0.1) is 20.8 Å². The molecule has 9 heteroatoms. The summed E-state index contributed by atoms with van der Waals surface area (Å²) in [6.45, 7) is 3.77. The van der Waals surface area contributed by atoms with Crippen molar-refractivity contribution in [1.29, 1.82) is 0 Å². The lowest BCUT2D eigenvalue weighted by Gasteiger charge is -2.28. The number of aryl methyl sites for hydroxylation is 2. The molecule has 0 fully saturated rings. The van der Waals surface area contributed by atoms with Crippen LogP contribution in [0.2, 0.25) is 0 Å². The highest BCUT2D eigenvalue weighted by Crippen LogP contribution is 2.29. The number of rotatable bonds is 8. The van der Waals surface area contributed by atoms with Gasteiger partial charge in [0, 0.05) is 19.7 Å². The maximum absolute atomic E-state index is 13.4. The van der Waals surface area contributed by atoms with Gasteiger partial charge in [-0.3, -0.25) is 0 Å². The number of hydrogen-bond donors (Lipinski definition) is 0. The van der Waals surface area contributed by atoms with E-state index in [9.17, 15) is 17.2 Å². The lowest BCUT2D eigenvalue weighted by atomic mass is 10.1. The summed E-state index contributed by atoms with van der Waals surface area (Å²) in [5.74, 6) is 0. The fourth-order valence-electron chi connectivity index (χ4n) is 3.12. The van der Waals surface area contributed by atoms with Crippen LogP contribution in [0.5, 0.6) is 0 Å². The number of ether oxygens (including phenoxy) is 1. The Morgan fingerprint density at radius 3 is 2.44 bits per heavy atom. The summed E-state index contributed by atoms with van der Waals surface area (Å²) in [5, 5.41) is 3.71. The number of halogens is 2. The molecule has 1 heterocycles. The molecule has 0 amide bonds. The Bertz CT molecular complexity index is 897. The Hall–Kier alpha value is -1.84. The van der Waals surface area contributed by atoms with Gasteiger partial charge in [0.2, 0.25) is 10.0 Å². The van der Waals surface area contributed by atoms with Crippen molar-refractivity contribution >= 4 is 10.0 Å². The van der Waals surface area contributed by atoms with Crippen molar-refractivity contribution in [1.82, 2.24) is 14.1 Å². The van der Waals surface area contributed by atoms with Crippen LogP contribution in [0.25, 0.3) is 0 Å². The van der Waals surface area contributed by atoms with Crippen LogP contribution in [-0.4, -0.2) is 42.3 Å². The molecule has 0 saturated carbocycles. The van der Waals surface area contributed by atoms with Gasteiger partial charge in [0.25, 0.3) is 0 Å². The molecule has 1 unspecified atom stereocenters. The van der Waals surface area contributed by atoms with E-state index in [2.05, 4.69) is 5.10 Å². The van der Waals surface area contributed by atoms with Gasteiger partial charge >= 0.3 is 6.55 Å². The van der Waals surface area contributed by atoms with E-state index >= 15 is 0 Å². The van der Waals surface area contributed by atoms with Gasteiger partial charge in [0.15, 0.2) is 0 Å². The van der Waals surface area contributed by atoms with Crippen molar-refractivity contribution in [2.45, 2.75) is 51.7 Å². The van der Waals surface area contributed by atoms with Gasteiger partial charge in [0.1, 0.15) is 4.90 Å². The third-order valence-corrected chi connectivity index (χ3v) is 6.54. The molecule has 0 bridgehead atoms. The molecule has 0 N–H and O–H groups in total. The normalized spacial score (nSPS) is 13.5. The number of aromatic nitrogens is 2. The van der Waals surface area contributed by atoms with E-state index in [0.717, 1.165) is 11.1 Å². The first-order valence-electron chi connectivity index (χ1n) is 8.49. The molecule has 0 spiro atoms. The summed E-state index contributed by atoms with van der Waals surface area (Å²) in [7, 11) is -2.59. The number of nitrogens with zero attached hydrogens (tertiary/aromatic N) is 3. The zero-order valence-corrected chi connectivity index (χ0v) is 16.9. The van der Waals surface area contributed by atoms with Crippen LogP contribution in [0.1, 0.15) is 36.0 Å². The molecule has 0 saturated heterocycles. The molecule has 2 aromatic rings. The molecule has 0 aliphatic rings. The number of hydrogen-bond acceptors (Lipinski definition) is 4. The molecule has 27 heavy (non-hydrogen) atoms. The summed E-state index contributed by atoms with van der Waals surface area (Å²) in [4.78, 5) is -0.182. The second-order valence-corrected chi connectivity index (χ2v) is 8.39. The number of alkyl halides is 2. The Morgan fingerprint density at radius 1 is 1.26 bits per heavy atom. The molecule has 0 aliphatic carbocycles. The first-order valence-corrected chi connectivity index (χ1v) is 9.93. The van der Waals surface area contributed by atoms with Crippen LogP contribution in [0.15, 0.2) is 29.2 Å². The van der Waals surface area contributed by atoms with E-state index in [1.807, 2.05) is 31.2 Å². The van der Waals surface area contributed by atoms with E-state index in [1.165, 1.54) is 25.3 Å². The predicted molar refractivity (Wildman–Crippen MR) is 98.2 cm³/mol. The van der Waals surface area contributed by atoms with Gasteiger partial charge in [-0.15, -0.1) is 0 Å². The average molecular weight is 401 g/mol. The molecule has 1 aromatic heterocycles. The van der Waals surface area contributed by atoms with Crippen LogP contribution in [-0.2, 0) is 21.3 Å². The Balaban J connectivity index is 2.54. The zero-order chi connectivity index (χ0) is 20.4. The summed E-state index contributed by atoms with van der Waals surface area (Å²) in [6.07, 6.45) is 0. The molecule has 1 aromatic carbocycles. The summed E-state index contributed by atoms with van der Waals surface area (Å²) >= 11 is 0. The molecule has 0 radical (unpaired) electrons. The standard InChI is InChI=1S/C18H25F2N3O3S/c1-12-7-6-8-16(9-12)10-22(13(2)11-26-5)27(24,25)17-14(3)21-23(15(17)4)18(19)20/h6-9,13,18H,10-11H2,1-5H3. The van der Waals surface area contributed by atoms with Crippen molar-refractivity contribution in [3.63, 3.8) is 0 Å². The van der Waals surface area contributed by atoms with Crippen molar-refractivity contribution in [2.75, 3.05) is 13.7 Å². The van der Waals surface area contributed by atoms with Gasteiger partial charge in [-0.25, -0.2) is 13.1 Å². The largest absolute Gasteiger partial charge is 0.383 e. The van der Waals surface area contributed by atoms with Gasteiger partial charge < -0.3 is 4.74 Å². The lowest BCUT2D eigenvalue weighted by molar-refractivity contribution is 0.0538. The van der Waals surface area contributed by atoms with Gasteiger partial charge in [-0.1, -0.05) is 29.8 Å². The highest BCUT2D eigenvalue weighted by molar-refractivity contribution is 7.89. The summed E-state index contributed by atoms with van der Waals surface area (Å²) in [5.41, 5.74) is 1.77. The van der Waals surface area contributed by atoms with E-state index in [1.54, 1.807) is 6.92 Å². The number of benzene rings is 1. The van der Waals surface area contributed by atoms with Crippen LogP contribution < -0.4 is 0 Å². The van der Waals surface area contributed by atoms with Crippen LogP contribution >= 0.6 is 0 Å². The first-order chi connectivity index (χ1) is 12.6. The Kier molecular flexibility index (Phi) is 6.72. The predicted octanol–water partition coefficient (Wildman–Crippen LogP) is 3.43. The van der Waals surface area contributed by atoms with Crippen molar-refractivity contribution in [2.24, 2.45) is 0 Å². The van der Waals surface area contributed by atoms with E-state index in [4.69, 9.17) is 4.74 Å². The third-order valence-electron chi connectivity index (χ3n) is 4.33. The van der Waals surface area contributed by atoms with Crippen molar-refractivity contribution in [3.8, 4) is 0 Å². The first kappa shape index (κ1) is 21.5. The highest BCUT2D eigenvalue weighted by Gasteiger charge is 2.35. The maximum atomic E-state index is 13.4. The van der Waals surface area contributed by atoms with Crippen LogP contribution in [0.4, 0.5) is 8.78 Å². The summed E-state index contributed by atoms with van der Waals surface area (Å²) in [6, 6.07) is 7.00. The van der Waals surface area contributed by atoms with Crippen molar-refractivity contribution in [3.05, 3.63) is 46.8 Å². The third kappa shape index (κ3) is 4.53. The molecule has 1 atom stereocenters. The molecule has 150 valence electrons. The monoisotopic (exact) mass is 401 g/mol. The molecular formula is C18H25F2N3O3S. The number of sulfonamides is 1. The van der Waals surface area contributed by atoms with Crippen molar-refractivity contribution < 1.29 is 21.9 Å². The van der Waals surface area contributed by atoms with Gasteiger partial charge in [0.05, 0.1) is 18.0 Å². The smallest absolute Gasteiger partial charge is 0.333 e. The minimum atomic E-state index is -4.07. The lowest BCUT2D eigenvalue weighted by Crippen LogP contribution is -2.41. The fraction of sp³-hybridized carbons (Fsp3) is 0.500. The van der Waals surface area contributed by atoms with Gasteiger partial charge in [-0.05, 0) is 33.3 Å². The van der Waals surface area contributed by atoms with E-state index in [-0.39, 0.29) is 29.4 Å². The zero-order valence-electron chi connectivity index (χ0n) is 16.1. The minimum Gasteiger partial charge on any atom is -0.383 e. The SMILES string of the molecule is COCC(C)N(Cc1cccc(C)c1)S(=O)(=O)c1c(C)nn(C(F)F)c1C. The quantitative estimate of drug-likeness (QED) is 0.680. The molecule has 6 nitrogen and oxygen atoms in total. The Labute approximate surface area is 158 Å². The van der Waals surface area contributed by atoms with E-state index in [0.29, 0.717) is 4.68 Å². The molecule has 0 aliphatic heterocycles. The van der Waals surface area contributed by atoms with Crippen LogP contribution in [0.3, 0.4) is 0 Å². The second kappa shape index (κ2) is 8.45. The average Bonchev–Trinajstić information content (AvgIpc) is 2.88. The molecule has 2 rings (SSSR count). The number of methoxy groups -OCH3 is 1. The van der Waals surface area contributed by atoms with E-state index < -0.39 is 22.6 Å². The molecular weight excluding hydrogens is 376 g/mol. The Morgan fingerprint density at radius 2 is 1.93 bits per heavy atom. The van der Waals surface area contributed by atoms with Gasteiger partial charge in [-0.2, -0.15) is 18.2 Å². The fourth-order valence-corrected chi connectivity index (χ4v) is 5.09.